The normalized spacial score (nSPS) is 13.7. The van der Waals surface area contributed by atoms with Crippen molar-refractivity contribution in [2.75, 3.05) is 4.90 Å². The maximum Gasteiger partial charge on any atom is 0.140 e. The van der Waals surface area contributed by atoms with Crippen molar-refractivity contribution in [3.05, 3.63) is 318 Å². The fourth-order valence-corrected chi connectivity index (χ4v) is 13.9. The molecule has 0 N–H and O–H groups in total. The van der Waals surface area contributed by atoms with Crippen molar-refractivity contribution in [1.29, 1.82) is 0 Å². The second-order valence-corrected chi connectivity index (χ2v) is 22.3. The topological polar surface area (TPSA) is 12.5 Å². The minimum Gasteiger partial charge on any atom is -0.455 e. The van der Waals surface area contributed by atoms with Gasteiger partial charge in [-0.05, 0) is 148 Å². The Morgan fingerprint density at radius 2 is 0.713 bits per heavy atom. The van der Waals surface area contributed by atoms with Gasteiger partial charge in [0.25, 0.3) is 0 Å². The van der Waals surface area contributed by atoms with E-state index in [1.807, 2.05) is 0 Å². The highest BCUT2D eigenvalue weighted by Crippen LogP contribution is 2.64. The lowest BCUT2D eigenvalue weighted by Gasteiger charge is -2.40. The van der Waals surface area contributed by atoms with Gasteiger partial charge in [-0.15, -0.1) is 0 Å². The highest BCUT2D eigenvalue weighted by molar-refractivity contribution is 6.00. The van der Waals surface area contributed by atoms with E-state index >= 15 is 0 Å². The van der Waals surface area contributed by atoms with Crippen LogP contribution in [0.25, 0.3) is 88.3 Å². The van der Waals surface area contributed by atoms with Crippen LogP contribution >= 0.6 is 0 Å². The van der Waals surface area contributed by atoms with E-state index in [4.69, 9.17) is 4.74 Å². The third-order valence-electron chi connectivity index (χ3n) is 17.7. The van der Waals surface area contributed by atoms with Gasteiger partial charge in [-0.25, -0.2) is 0 Å². The van der Waals surface area contributed by atoms with Gasteiger partial charge in [0, 0.05) is 44.4 Å². The lowest BCUT2D eigenvalue weighted by atomic mass is 9.65. The predicted molar refractivity (Wildman–Crippen MR) is 333 cm³/mol. The summed E-state index contributed by atoms with van der Waals surface area (Å²) in [4.78, 5) is 2.46. The van der Waals surface area contributed by atoms with E-state index in [9.17, 15) is 0 Å². The van der Waals surface area contributed by atoms with E-state index < -0.39 is 5.41 Å². The van der Waals surface area contributed by atoms with Crippen molar-refractivity contribution in [3.63, 3.8) is 0 Å². The molecule has 0 unspecified atom stereocenters. The minimum atomic E-state index is -0.619. The largest absolute Gasteiger partial charge is 0.455 e. The molecule has 2 heteroatoms. The van der Waals surface area contributed by atoms with Crippen LogP contribution in [-0.4, -0.2) is 0 Å². The Hall–Kier alpha value is -10.0. The van der Waals surface area contributed by atoms with Crippen molar-refractivity contribution in [3.8, 4) is 78.3 Å². The summed E-state index contributed by atoms with van der Waals surface area (Å²) in [5, 5.41) is 4.56. The van der Waals surface area contributed by atoms with Gasteiger partial charge in [0.05, 0.1) is 5.41 Å². The molecule has 2 aliphatic carbocycles. The van der Waals surface area contributed by atoms with E-state index in [-0.39, 0.29) is 5.41 Å². The van der Waals surface area contributed by atoms with Gasteiger partial charge in [-0.2, -0.15) is 0 Å². The van der Waals surface area contributed by atoms with Crippen LogP contribution in [0.15, 0.2) is 285 Å². The van der Waals surface area contributed by atoms with E-state index in [0.29, 0.717) is 0 Å². The molecule has 0 amide bonds. The number of rotatable bonds is 7. The molecule has 80 heavy (non-hydrogen) atoms. The summed E-state index contributed by atoms with van der Waals surface area (Å²) < 4.78 is 7.25. The third kappa shape index (κ3) is 6.92. The summed E-state index contributed by atoms with van der Waals surface area (Å²) in [5.41, 5.74) is 24.6. The van der Waals surface area contributed by atoms with Crippen molar-refractivity contribution in [2.24, 2.45) is 0 Å². The van der Waals surface area contributed by atoms with Crippen LogP contribution in [0.4, 0.5) is 17.1 Å². The van der Waals surface area contributed by atoms with Crippen LogP contribution in [0, 0.1) is 0 Å². The molecular weight excluding hydrogens is 967 g/mol. The number of anilines is 3. The lowest BCUT2D eigenvalue weighted by Crippen LogP contribution is -2.32. The van der Waals surface area contributed by atoms with Crippen molar-refractivity contribution in [2.45, 2.75) is 24.7 Å². The molecule has 1 heterocycles. The quantitative estimate of drug-likeness (QED) is 0.158. The van der Waals surface area contributed by atoms with E-state index in [1.54, 1.807) is 0 Å². The van der Waals surface area contributed by atoms with Crippen LogP contribution in [0.5, 0.6) is 11.5 Å². The average molecular weight is 1020 g/mol. The Labute approximate surface area is 467 Å². The molecule has 1 spiro atoms. The second-order valence-electron chi connectivity index (χ2n) is 22.3. The molecule has 0 fully saturated rings. The monoisotopic (exact) mass is 1020 g/mol. The number of benzene rings is 13. The maximum atomic E-state index is 7.25. The number of fused-ring (bicyclic) bond motifs is 16. The SMILES string of the molecule is CC1(C)c2ccccc2-c2ccc(N(c3cccc(-c4ccc(-c5ccc6c(c5)C5(c7ccccc7-6)c6ccc7ccccc7c6Oc6c5ccc5ccccc65)cc4)c3)c3cc(-c4ccccc4)cc(-c4ccccc4)c3)cc21. The molecule has 2 nitrogen and oxygen atoms in total. The average Bonchev–Trinajstić information content (AvgIpc) is 4.11. The zero-order valence-corrected chi connectivity index (χ0v) is 44.5. The Morgan fingerprint density at radius 1 is 0.263 bits per heavy atom. The molecule has 0 radical (unpaired) electrons. The number of ether oxygens (including phenoxy) is 1. The van der Waals surface area contributed by atoms with Gasteiger partial charge in [-0.1, -0.05) is 250 Å². The zero-order chi connectivity index (χ0) is 53.1. The van der Waals surface area contributed by atoms with Crippen LogP contribution in [-0.2, 0) is 10.8 Å². The van der Waals surface area contributed by atoms with Gasteiger partial charge in [0.2, 0.25) is 0 Å². The number of nitrogens with zero attached hydrogens (tertiary/aromatic N) is 1. The van der Waals surface area contributed by atoms with Gasteiger partial charge in [0.15, 0.2) is 0 Å². The standard InChI is InChI=1S/C78H53NO/c1-77(2)69-30-15-13-28-65(69)67-41-39-61(49-73(67)77)79(62-46-58(50-18-5-3-6-19-50)44-59(47-62)51-20-7-4-8-21-51)60-25-17-24-56(45-60)52-32-34-53(35-33-52)57-36-40-68-66-29-14-16-31-70(66)78(74(68)48-57)71-42-37-54-22-9-11-26-63(54)75(71)80-76-64-27-12-10-23-55(64)38-43-72(76)78/h3-49H,1-2H3. The van der Waals surface area contributed by atoms with Crippen LogP contribution < -0.4 is 9.64 Å². The predicted octanol–water partition coefficient (Wildman–Crippen LogP) is 20.9. The molecule has 0 bridgehead atoms. The lowest BCUT2D eigenvalue weighted by molar-refractivity contribution is 0.447. The first kappa shape index (κ1) is 46.1. The van der Waals surface area contributed by atoms with Crippen molar-refractivity contribution < 1.29 is 4.74 Å². The summed E-state index contributed by atoms with van der Waals surface area (Å²) >= 11 is 0. The molecule has 1 aliphatic heterocycles. The molecule has 0 saturated carbocycles. The first-order valence-electron chi connectivity index (χ1n) is 27.9. The first-order valence-corrected chi connectivity index (χ1v) is 27.9. The van der Waals surface area contributed by atoms with Crippen molar-refractivity contribution in [1.82, 2.24) is 0 Å². The van der Waals surface area contributed by atoms with Crippen molar-refractivity contribution >= 4 is 38.6 Å². The molecule has 0 saturated heterocycles. The molecule has 13 aromatic rings. The van der Waals surface area contributed by atoms with Crippen LogP contribution in [0.2, 0.25) is 0 Å². The highest BCUT2D eigenvalue weighted by atomic mass is 16.5. The Balaban J connectivity index is 0.830. The van der Waals surface area contributed by atoms with Gasteiger partial charge >= 0.3 is 0 Å². The summed E-state index contributed by atoms with van der Waals surface area (Å²) in [6.07, 6.45) is 0. The Bertz CT molecular complexity index is 4500. The summed E-state index contributed by atoms with van der Waals surface area (Å²) in [7, 11) is 0. The fourth-order valence-electron chi connectivity index (χ4n) is 13.9. The number of hydrogen-bond donors (Lipinski definition) is 0. The smallest absolute Gasteiger partial charge is 0.140 e. The van der Waals surface area contributed by atoms with Crippen LogP contribution in [0.1, 0.15) is 47.2 Å². The van der Waals surface area contributed by atoms with E-state index in [1.165, 1.54) is 83.5 Å². The first-order chi connectivity index (χ1) is 39.4. The van der Waals surface area contributed by atoms with E-state index in [0.717, 1.165) is 66.8 Å². The molecule has 0 atom stereocenters. The minimum absolute atomic E-state index is 0.161. The molecular formula is C78H53NO. The second kappa shape index (κ2) is 17.8. The molecule has 13 aromatic carbocycles. The fraction of sp³-hybridized carbons (Fsp3) is 0.0513. The molecule has 0 aromatic heterocycles. The Kier molecular flexibility index (Phi) is 10.2. The van der Waals surface area contributed by atoms with Crippen LogP contribution in [0.3, 0.4) is 0 Å². The van der Waals surface area contributed by atoms with E-state index in [2.05, 4.69) is 304 Å². The summed E-state index contributed by atoms with van der Waals surface area (Å²) in [6, 6.07) is 106. The zero-order valence-electron chi connectivity index (χ0n) is 44.5. The number of hydrogen-bond acceptors (Lipinski definition) is 2. The highest BCUT2D eigenvalue weighted by Gasteiger charge is 2.52. The van der Waals surface area contributed by atoms with Gasteiger partial charge < -0.3 is 9.64 Å². The molecule has 376 valence electrons. The Morgan fingerprint density at radius 3 is 1.35 bits per heavy atom. The van der Waals surface area contributed by atoms with Gasteiger partial charge in [-0.3, -0.25) is 0 Å². The molecule has 3 aliphatic rings. The van der Waals surface area contributed by atoms with Gasteiger partial charge in [0.1, 0.15) is 11.5 Å². The molecule has 16 rings (SSSR count). The summed E-state index contributed by atoms with van der Waals surface area (Å²) in [5.74, 6) is 1.85. The third-order valence-corrected chi connectivity index (χ3v) is 17.7. The maximum absolute atomic E-state index is 7.25. The summed E-state index contributed by atoms with van der Waals surface area (Å²) in [6.45, 7) is 4.73.